The van der Waals surface area contributed by atoms with Crippen LogP contribution in [0.25, 0.3) is 0 Å². The fraction of sp³-hybridized carbons (Fsp3) is 0.458. The Bertz CT molecular complexity index is 965. The standard InChI is InChI=1S/C24H33N7/c1-24(2,3)31-23(25-26-27-31)22(19-11-13-20(14-12-19)28(4)5)30-17-15-29(16-18-30)21-9-7-6-8-10-21/h6-14,22H,15-18H2,1-5H3/t22-/m1/s1. The van der Waals surface area contributed by atoms with Crippen molar-refractivity contribution in [3.63, 3.8) is 0 Å². The number of anilines is 2. The largest absolute Gasteiger partial charge is 0.378 e. The second-order valence-corrected chi connectivity index (χ2v) is 9.37. The number of hydrogen-bond acceptors (Lipinski definition) is 6. The lowest BCUT2D eigenvalue weighted by atomic mass is 10.0. The van der Waals surface area contributed by atoms with Gasteiger partial charge in [-0.25, -0.2) is 4.68 Å². The van der Waals surface area contributed by atoms with E-state index in [9.17, 15) is 0 Å². The first-order valence-corrected chi connectivity index (χ1v) is 10.9. The summed E-state index contributed by atoms with van der Waals surface area (Å²) in [6, 6.07) is 19.4. The second-order valence-electron chi connectivity index (χ2n) is 9.37. The van der Waals surface area contributed by atoms with Crippen molar-refractivity contribution in [2.45, 2.75) is 32.4 Å². The van der Waals surface area contributed by atoms with Gasteiger partial charge in [0, 0.05) is 51.6 Å². The van der Waals surface area contributed by atoms with E-state index >= 15 is 0 Å². The van der Waals surface area contributed by atoms with Gasteiger partial charge in [0.05, 0.1) is 11.6 Å². The van der Waals surface area contributed by atoms with Crippen LogP contribution in [0.3, 0.4) is 0 Å². The maximum absolute atomic E-state index is 4.51. The third-order valence-corrected chi connectivity index (χ3v) is 5.90. The van der Waals surface area contributed by atoms with Gasteiger partial charge in [-0.05, 0) is 61.0 Å². The first-order chi connectivity index (χ1) is 14.8. The fourth-order valence-corrected chi connectivity index (χ4v) is 4.20. The molecule has 164 valence electrons. The highest BCUT2D eigenvalue weighted by molar-refractivity contribution is 5.48. The molecule has 0 unspecified atom stereocenters. The molecule has 4 rings (SSSR count). The molecule has 2 heterocycles. The van der Waals surface area contributed by atoms with Gasteiger partial charge < -0.3 is 9.80 Å². The summed E-state index contributed by atoms with van der Waals surface area (Å²) in [7, 11) is 4.13. The van der Waals surface area contributed by atoms with Crippen molar-refractivity contribution in [1.82, 2.24) is 25.1 Å². The highest BCUT2D eigenvalue weighted by Gasteiger charge is 2.33. The monoisotopic (exact) mass is 419 g/mol. The van der Waals surface area contributed by atoms with E-state index in [0.29, 0.717) is 0 Å². The maximum Gasteiger partial charge on any atom is 0.173 e. The summed E-state index contributed by atoms with van der Waals surface area (Å²) in [6.45, 7) is 10.3. The van der Waals surface area contributed by atoms with Gasteiger partial charge in [0.1, 0.15) is 0 Å². The van der Waals surface area contributed by atoms with Gasteiger partial charge in [-0.3, -0.25) is 4.90 Å². The zero-order chi connectivity index (χ0) is 22.0. The van der Waals surface area contributed by atoms with E-state index in [2.05, 4.69) is 120 Å². The summed E-state index contributed by atoms with van der Waals surface area (Å²) < 4.78 is 1.97. The molecule has 1 aliphatic heterocycles. The number of nitrogens with zero attached hydrogens (tertiary/aromatic N) is 7. The summed E-state index contributed by atoms with van der Waals surface area (Å²) in [5, 5.41) is 12.9. The zero-order valence-corrected chi connectivity index (χ0v) is 19.2. The number of piperazine rings is 1. The molecule has 0 spiro atoms. The van der Waals surface area contributed by atoms with Gasteiger partial charge >= 0.3 is 0 Å². The third kappa shape index (κ3) is 4.56. The van der Waals surface area contributed by atoms with E-state index in [0.717, 1.165) is 32.0 Å². The molecule has 0 aliphatic carbocycles. The summed E-state index contributed by atoms with van der Waals surface area (Å²) in [6.07, 6.45) is 0. The van der Waals surface area contributed by atoms with Crippen LogP contribution in [0.15, 0.2) is 54.6 Å². The van der Waals surface area contributed by atoms with Gasteiger partial charge in [0.15, 0.2) is 5.82 Å². The van der Waals surface area contributed by atoms with E-state index in [1.54, 1.807) is 0 Å². The molecule has 0 radical (unpaired) electrons. The quantitative estimate of drug-likeness (QED) is 0.632. The molecule has 1 aliphatic rings. The molecule has 31 heavy (non-hydrogen) atoms. The lowest BCUT2D eigenvalue weighted by molar-refractivity contribution is 0.191. The number of rotatable bonds is 5. The molecule has 0 N–H and O–H groups in total. The van der Waals surface area contributed by atoms with E-state index < -0.39 is 0 Å². The highest BCUT2D eigenvalue weighted by Crippen LogP contribution is 2.32. The average molecular weight is 420 g/mol. The van der Waals surface area contributed by atoms with Crippen LogP contribution < -0.4 is 9.80 Å². The van der Waals surface area contributed by atoms with Crippen LogP contribution in [0.2, 0.25) is 0 Å². The summed E-state index contributed by atoms with van der Waals surface area (Å²) >= 11 is 0. The molecule has 7 heteroatoms. The van der Waals surface area contributed by atoms with Crippen molar-refractivity contribution >= 4 is 11.4 Å². The Morgan fingerprint density at radius 1 is 0.871 bits per heavy atom. The highest BCUT2D eigenvalue weighted by atomic mass is 15.6. The Morgan fingerprint density at radius 2 is 1.52 bits per heavy atom. The molecule has 1 atom stereocenters. The molecular formula is C24H33N7. The Morgan fingerprint density at radius 3 is 2.10 bits per heavy atom. The smallest absolute Gasteiger partial charge is 0.173 e. The lowest BCUT2D eigenvalue weighted by Crippen LogP contribution is -2.48. The van der Waals surface area contributed by atoms with E-state index in [4.69, 9.17) is 0 Å². The van der Waals surface area contributed by atoms with Crippen molar-refractivity contribution in [1.29, 1.82) is 0 Å². The molecule has 3 aromatic rings. The van der Waals surface area contributed by atoms with Crippen LogP contribution in [0.1, 0.15) is 38.2 Å². The molecule has 0 saturated carbocycles. The molecule has 0 bridgehead atoms. The minimum Gasteiger partial charge on any atom is -0.378 e. The molecule has 7 nitrogen and oxygen atoms in total. The number of para-hydroxylation sites is 1. The Kier molecular flexibility index (Phi) is 5.96. The first kappa shape index (κ1) is 21.3. The fourth-order valence-electron chi connectivity index (χ4n) is 4.20. The first-order valence-electron chi connectivity index (χ1n) is 10.9. The number of benzene rings is 2. The van der Waals surface area contributed by atoms with Crippen molar-refractivity contribution in [2.75, 3.05) is 50.1 Å². The zero-order valence-electron chi connectivity index (χ0n) is 19.2. The summed E-state index contributed by atoms with van der Waals surface area (Å²) in [4.78, 5) is 7.09. The molecule has 2 aromatic carbocycles. The van der Waals surface area contributed by atoms with Crippen LogP contribution in [-0.4, -0.2) is 65.4 Å². The Balaban J connectivity index is 1.64. The Labute approximate surface area is 185 Å². The van der Waals surface area contributed by atoms with Crippen molar-refractivity contribution in [3.8, 4) is 0 Å². The summed E-state index contributed by atoms with van der Waals surface area (Å²) in [5.41, 5.74) is 3.51. The molecule has 1 aromatic heterocycles. The summed E-state index contributed by atoms with van der Waals surface area (Å²) in [5.74, 6) is 0.901. The van der Waals surface area contributed by atoms with E-state index in [1.165, 1.54) is 16.9 Å². The van der Waals surface area contributed by atoms with Crippen LogP contribution in [0.4, 0.5) is 11.4 Å². The predicted molar refractivity (Wildman–Crippen MR) is 126 cm³/mol. The number of aromatic nitrogens is 4. The van der Waals surface area contributed by atoms with Crippen LogP contribution in [0, 0.1) is 0 Å². The SMILES string of the molecule is CN(C)c1ccc([C@H](c2nnnn2C(C)(C)C)N2CCN(c3ccccc3)CC2)cc1. The van der Waals surface area contributed by atoms with E-state index in [1.807, 2.05) is 4.68 Å². The van der Waals surface area contributed by atoms with Gasteiger partial charge in [-0.1, -0.05) is 30.3 Å². The van der Waals surface area contributed by atoms with Gasteiger partial charge in [-0.15, -0.1) is 5.10 Å². The van der Waals surface area contributed by atoms with Gasteiger partial charge in [-0.2, -0.15) is 0 Å². The Hall–Kier alpha value is -2.93. The molecular weight excluding hydrogens is 386 g/mol. The third-order valence-electron chi connectivity index (χ3n) is 5.90. The van der Waals surface area contributed by atoms with Crippen LogP contribution >= 0.6 is 0 Å². The second kappa shape index (κ2) is 8.67. The minimum absolute atomic E-state index is 0.0170. The maximum atomic E-state index is 4.51. The van der Waals surface area contributed by atoms with E-state index in [-0.39, 0.29) is 11.6 Å². The van der Waals surface area contributed by atoms with Crippen LogP contribution in [0.5, 0.6) is 0 Å². The van der Waals surface area contributed by atoms with Crippen molar-refractivity contribution < 1.29 is 0 Å². The average Bonchev–Trinajstić information content (AvgIpc) is 3.25. The molecule has 0 amide bonds. The minimum atomic E-state index is -0.188. The number of tetrazole rings is 1. The molecule has 1 saturated heterocycles. The topological polar surface area (TPSA) is 53.3 Å². The van der Waals surface area contributed by atoms with Gasteiger partial charge in [0.2, 0.25) is 0 Å². The van der Waals surface area contributed by atoms with Gasteiger partial charge in [0.25, 0.3) is 0 Å². The lowest BCUT2D eigenvalue weighted by Gasteiger charge is -2.40. The molecule has 1 fully saturated rings. The van der Waals surface area contributed by atoms with Crippen molar-refractivity contribution in [3.05, 3.63) is 66.0 Å². The van der Waals surface area contributed by atoms with Crippen molar-refractivity contribution in [2.24, 2.45) is 0 Å². The number of hydrogen-bond donors (Lipinski definition) is 0. The van der Waals surface area contributed by atoms with Crippen LogP contribution in [-0.2, 0) is 5.54 Å². The predicted octanol–water partition coefficient (Wildman–Crippen LogP) is 3.41. The normalized spacial score (nSPS) is 16.4.